The Hall–Kier alpha value is -1.12. The van der Waals surface area contributed by atoms with E-state index in [1.165, 1.54) is 15.2 Å². The highest BCUT2D eigenvalue weighted by atomic mass is 35.5. The van der Waals surface area contributed by atoms with E-state index >= 15 is 0 Å². The molecule has 3 rings (SSSR count). The van der Waals surface area contributed by atoms with Crippen LogP contribution in [0.2, 0.25) is 5.15 Å². The molecule has 1 unspecified atom stereocenters. The molecule has 2 saturated heterocycles. The molecule has 0 aromatic carbocycles. The van der Waals surface area contributed by atoms with Crippen LogP contribution in [-0.2, 0) is 21.9 Å². The highest BCUT2D eigenvalue weighted by Gasteiger charge is 2.40. The minimum absolute atomic E-state index is 0.0199. The van der Waals surface area contributed by atoms with Crippen molar-refractivity contribution >= 4 is 27.5 Å². The Bertz CT molecular complexity index is 657. The molecule has 3 heterocycles. The molecule has 0 aliphatic carbocycles. The van der Waals surface area contributed by atoms with Crippen LogP contribution in [0.25, 0.3) is 0 Å². The van der Waals surface area contributed by atoms with Crippen LogP contribution in [0.1, 0.15) is 12.8 Å². The van der Waals surface area contributed by atoms with Gasteiger partial charge >= 0.3 is 0 Å². The van der Waals surface area contributed by atoms with Crippen molar-refractivity contribution in [2.24, 2.45) is 7.05 Å². The van der Waals surface area contributed by atoms with E-state index in [1.54, 1.807) is 11.9 Å². The van der Waals surface area contributed by atoms with Crippen LogP contribution >= 0.6 is 11.6 Å². The predicted molar refractivity (Wildman–Crippen MR) is 71.7 cm³/mol. The van der Waals surface area contributed by atoms with Gasteiger partial charge in [0.15, 0.2) is 0 Å². The fourth-order valence-corrected chi connectivity index (χ4v) is 4.60. The van der Waals surface area contributed by atoms with Crippen LogP contribution in [0.15, 0.2) is 11.4 Å². The maximum Gasteiger partial charge on any atom is 0.263 e. The molecule has 2 fully saturated rings. The maximum atomic E-state index is 12.6. The Balaban J connectivity index is 1.86. The minimum atomic E-state index is -3.70. The van der Waals surface area contributed by atoms with Crippen molar-refractivity contribution in [2.75, 3.05) is 19.6 Å². The van der Waals surface area contributed by atoms with E-state index in [1.807, 2.05) is 0 Å². The summed E-state index contributed by atoms with van der Waals surface area (Å²) in [4.78, 5) is 17.3. The lowest BCUT2D eigenvalue weighted by atomic mass is 10.2. The summed E-state index contributed by atoms with van der Waals surface area (Å²) in [6.45, 7) is 1.05. The summed E-state index contributed by atoms with van der Waals surface area (Å²) in [6, 6.07) is -0.0199. The van der Waals surface area contributed by atoms with Crippen molar-refractivity contribution in [3.05, 3.63) is 11.5 Å². The smallest absolute Gasteiger partial charge is 0.263 e. The summed E-state index contributed by atoms with van der Waals surface area (Å²) in [7, 11) is -2.06. The molecule has 1 amide bonds. The quantitative estimate of drug-likeness (QED) is 0.773. The van der Waals surface area contributed by atoms with Gasteiger partial charge in [0.05, 0.1) is 6.33 Å². The first-order valence-electron chi connectivity index (χ1n) is 6.37. The largest absolute Gasteiger partial charge is 0.337 e. The number of halogens is 1. The summed E-state index contributed by atoms with van der Waals surface area (Å²) in [6.07, 6.45) is 2.59. The van der Waals surface area contributed by atoms with Gasteiger partial charge in [-0.25, -0.2) is 13.4 Å². The van der Waals surface area contributed by atoms with Crippen molar-refractivity contribution in [1.29, 1.82) is 0 Å². The number of piperazine rings is 1. The summed E-state index contributed by atoms with van der Waals surface area (Å²) >= 11 is 5.98. The van der Waals surface area contributed by atoms with Crippen molar-refractivity contribution in [3.63, 3.8) is 0 Å². The molecule has 1 aromatic rings. The SMILES string of the molecule is Cn1cnc(S(=O)(=O)N2CCN3C(=O)CCC3C2)c1Cl. The molecule has 0 saturated carbocycles. The van der Waals surface area contributed by atoms with E-state index in [9.17, 15) is 13.2 Å². The third-order valence-corrected chi connectivity index (χ3v) is 6.23. The van der Waals surface area contributed by atoms with Crippen molar-refractivity contribution in [2.45, 2.75) is 23.9 Å². The number of rotatable bonds is 2. The number of hydrogen-bond donors (Lipinski definition) is 0. The van der Waals surface area contributed by atoms with Crippen molar-refractivity contribution in [3.8, 4) is 0 Å². The summed E-state index contributed by atoms with van der Waals surface area (Å²) in [5.74, 6) is 0.114. The van der Waals surface area contributed by atoms with Gasteiger partial charge in [0.1, 0.15) is 5.15 Å². The summed E-state index contributed by atoms with van der Waals surface area (Å²) in [5.41, 5.74) is 0. The molecular formula is C11H15ClN4O3S. The molecular weight excluding hydrogens is 304 g/mol. The van der Waals surface area contributed by atoms with Crippen LogP contribution in [-0.4, -0.2) is 58.8 Å². The molecule has 0 bridgehead atoms. The molecule has 7 nitrogen and oxygen atoms in total. The Labute approximate surface area is 122 Å². The number of aryl methyl sites for hydroxylation is 1. The van der Waals surface area contributed by atoms with E-state index in [0.29, 0.717) is 25.9 Å². The second-order valence-electron chi connectivity index (χ2n) is 5.09. The summed E-state index contributed by atoms with van der Waals surface area (Å²) in [5, 5.41) is -0.00521. The topological polar surface area (TPSA) is 75.5 Å². The molecule has 1 atom stereocenters. The number of aromatic nitrogens is 2. The van der Waals surface area contributed by atoms with Crippen LogP contribution in [0.4, 0.5) is 0 Å². The van der Waals surface area contributed by atoms with Gasteiger partial charge < -0.3 is 9.47 Å². The predicted octanol–water partition coefficient (Wildman–Crippen LogP) is 0.0688. The number of carbonyl (C=O) groups excluding carboxylic acids is 1. The standard InChI is InChI=1S/C11H15ClN4O3S/c1-14-7-13-11(10(14)12)20(18,19)15-4-5-16-8(6-15)2-3-9(16)17/h7-8H,2-6H2,1H3. The number of carbonyl (C=O) groups is 1. The maximum absolute atomic E-state index is 12.6. The number of imidazole rings is 1. The number of hydrogen-bond acceptors (Lipinski definition) is 4. The second-order valence-corrected chi connectivity index (χ2v) is 7.31. The normalized spacial score (nSPS) is 24.2. The van der Waals surface area contributed by atoms with Crippen LogP contribution in [0.3, 0.4) is 0 Å². The van der Waals surface area contributed by atoms with Gasteiger partial charge in [-0.15, -0.1) is 0 Å². The number of amides is 1. The Morgan fingerprint density at radius 1 is 1.40 bits per heavy atom. The molecule has 0 radical (unpaired) electrons. The zero-order valence-corrected chi connectivity index (χ0v) is 12.6. The summed E-state index contributed by atoms with van der Waals surface area (Å²) < 4.78 is 27.9. The number of fused-ring (bicyclic) bond motifs is 1. The van der Waals surface area contributed by atoms with Crippen molar-refractivity contribution in [1.82, 2.24) is 18.8 Å². The van der Waals surface area contributed by atoms with Crippen LogP contribution in [0, 0.1) is 0 Å². The van der Waals surface area contributed by atoms with E-state index < -0.39 is 10.0 Å². The van der Waals surface area contributed by atoms with E-state index in [-0.39, 0.29) is 28.7 Å². The number of sulfonamides is 1. The van der Waals surface area contributed by atoms with E-state index in [2.05, 4.69) is 4.98 Å². The lowest BCUT2D eigenvalue weighted by Crippen LogP contribution is -2.53. The highest BCUT2D eigenvalue weighted by Crippen LogP contribution is 2.28. The van der Waals surface area contributed by atoms with Gasteiger partial charge in [0.25, 0.3) is 10.0 Å². The van der Waals surface area contributed by atoms with Gasteiger partial charge in [0.2, 0.25) is 10.9 Å². The van der Waals surface area contributed by atoms with Gasteiger partial charge in [0, 0.05) is 39.1 Å². The zero-order valence-electron chi connectivity index (χ0n) is 11.0. The zero-order chi connectivity index (χ0) is 14.5. The molecule has 110 valence electrons. The van der Waals surface area contributed by atoms with Crippen molar-refractivity contribution < 1.29 is 13.2 Å². The lowest BCUT2D eigenvalue weighted by Gasteiger charge is -2.36. The molecule has 2 aliphatic rings. The lowest BCUT2D eigenvalue weighted by molar-refractivity contribution is -0.130. The Morgan fingerprint density at radius 3 is 2.80 bits per heavy atom. The van der Waals surface area contributed by atoms with Crippen LogP contribution in [0.5, 0.6) is 0 Å². The third kappa shape index (κ3) is 2.02. The highest BCUT2D eigenvalue weighted by molar-refractivity contribution is 7.89. The molecule has 9 heteroatoms. The molecule has 20 heavy (non-hydrogen) atoms. The molecule has 1 aromatic heterocycles. The monoisotopic (exact) mass is 318 g/mol. The van der Waals surface area contributed by atoms with Gasteiger partial charge in [-0.1, -0.05) is 11.6 Å². The fraction of sp³-hybridized carbons (Fsp3) is 0.636. The molecule has 0 N–H and O–H groups in total. The number of nitrogens with zero attached hydrogens (tertiary/aromatic N) is 4. The average Bonchev–Trinajstić information content (AvgIpc) is 2.95. The molecule has 0 spiro atoms. The Morgan fingerprint density at radius 2 is 2.15 bits per heavy atom. The average molecular weight is 319 g/mol. The van der Waals surface area contributed by atoms with Gasteiger partial charge in [-0.05, 0) is 6.42 Å². The first-order chi connectivity index (χ1) is 9.41. The second kappa shape index (κ2) is 4.71. The van der Waals surface area contributed by atoms with E-state index in [4.69, 9.17) is 11.6 Å². The first-order valence-corrected chi connectivity index (χ1v) is 8.19. The third-order valence-electron chi connectivity index (χ3n) is 3.88. The Kier molecular flexibility index (Phi) is 3.26. The van der Waals surface area contributed by atoms with Crippen LogP contribution < -0.4 is 0 Å². The molecule has 2 aliphatic heterocycles. The fourth-order valence-electron chi connectivity index (χ4n) is 2.74. The first kappa shape index (κ1) is 13.8. The van der Waals surface area contributed by atoms with Gasteiger partial charge in [-0.3, -0.25) is 4.79 Å². The minimum Gasteiger partial charge on any atom is -0.337 e. The van der Waals surface area contributed by atoms with E-state index in [0.717, 1.165) is 0 Å². The van der Waals surface area contributed by atoms with Gasteiger partial charge in [-0.2, -0.15) is 4.31 Å².